The standard InChI is InChI=1S/C9H16N2O/c1-5-6-7-10-9(2,3)8(12)11(7)4/h5-6H2,1-4H3. The monoisotopic (exact) mass is 168 g/mol. The first kappa shape index (κ1) is 9.23. The topological polar surface area (TPSA) is 32.7 Å². The van der Waals surface area contributed by atoms with Gasteiger partial charge in [0, 0.05) is 13.5 Å². The highest BCUT2D eigenvalue weighted by molar-refractivity contribution is 6.07. The van der Waals surface area contributed by atoms with Gasteiger partial charge >= 0.3 is 0 Å². The molecule has 3 nitrogen and oxygen atoms in total. The fraction of sp³-hybridized carbons (Fsp3) is 0.778. The van der Waals surface area contributed by atoms with Crippen LogP contribution in [0.3, 0.4) is 0 Å². The Kier molecular flexibility index (Phi) is 2.22. The van der Waals surface area contributed by atoms with Crippen LogP contribution < -0.4 is 0 Å². The van der Waals surface area contributed by atoms with Crippen molar-refractivity contribution in [1.29, 1.82) is 0 Å². The van der Waals surface area contributed by atoms with E-state index >= 15 is 0 Å². The lowest BCUT2D eigenvalue weighted by atomic mass is 10.1. The molecule has 0 saturated heterocycles. The van der Waals surface area contributed by atoms with E-state index < -0.39 is 5.54 Å². The van der Waals surface area contributed by atoms with E-state index in [4.69, 9.17) is 0 Å². The summed E-state index contributed by atoms with van der Waals surface area (Å²) in [5, 5.41) is 0. The summed E-state index contributed by atoms with van der Waals surface area (Å²) in [6.45, 7) is 5.80. The molecule has 68 valence electrons. The molecule has 0 fully saturated rings. The largest absolute Gasteiger partial charge is 0.302 e. The molecule has 0 spiro atoms. The molecule has 1 rings (SSSR count). The molecular formula is C9H16N2O. The minimum Gasteiger partial charge on any atom is -0.302 e. The third-order valence-corrected chi connectivity index (χ3v) is 2.10. The van der Waals surface area contributed by atoms with Gasteiger partial charge in [-0.05, 0) is 20.3 Å². The molecule has 0 unspecified atom stereocenters. The number of hydrogen-bond donors (Lipinski definition) is 0. The third-order valence-electron chi connectivity index (χ3n) is 2.10. The molecule has 1 heterocycles. The smallest absolute Gasteiger partial charge is 0.255 e. The number of carbonyl (C=O) groups is 1. The maximum atomic E-state index is 11.5. The highest BCUT2D eigenvalue weighted by atomic mass is 16.2. The maximum Gasteiger partial charge on any atom is 0.255 e. The second-order valence-electron chi connectivity index (χ2n) is 3.70. The average molecular weight is 168 g/mol. The van der Waals surface area contributed by atoms with E-state index in [2.05, 4.69) is 11.9 Å². The van der Waals surface area contributed by atoms with Crippen LogP contribution in [0.25, 0.3) is 0 Å². The van der Waals surface area contributed by atoms with E-state index in [1.807, 2.05) is 13.8 Å². The molecule has 0 radical (unpaired) electrons. The number of hydrogen-bond acceptors (Lipinski definition) is 2. The molecule has 1 aliphatic heterocycles. The van der Waals surface area contributed by atoms with E-state index in [9.17, 15) is 4.79 Å². The van der Waals surface area contributed by atoms with Crippen molar-refractivity contribution >= 4 is 11.7 Å². The zero-order valence-corrected chi connectivity index (χ0v) is 8.22. The molecule has 0 saturated carbocycles. The summed E-state index contributed by atoms with van der Waals surface area (Å²) in [5.74, 6) is 1.03. The van der Waals surface area contributed by atoms with Gasteiger partial charge in [0.2, 0.25) is 0 Å². The van der Waals surface area contributed by atoms with Crippen molar-refractivity contribution in [3.63, 3.8) is 0 Å². The molecule has 0 aliphatic carbocycles. The van der Waals surface area contributed by atoms with Gasteiger partial charge in [0.15, 0.2) is 0 Å². The van der Waals surface area contributed by atoms with Crippen LogP contribution in [0.2, 0.25) is 0 Å². The summed E-state index contributed by atoms with van der Waals surface area (Å²) in [5.41, 5.74) is -0.529. The predicted octanol–water partition coefficient (Wildman–Crippen LogP) is 1.44. The van der Waals surface area contributed by atoms with Crippen molar-refractivity contribution in [1.82, 2.24) is 4.90 Å². The molecular weight excluding hydrogens is 152 g/mol. The normalized spacial score (nSPS) is 21.5. The van der Waals surface area contributed by atoms with Gasteiger partial charge in [-0.3, -0.25) is 9.79 Å². The zero-order chi connectivity index (χ0) is 9.35. The zero-order valence-electron chi connectivity index (χ0n) is 8.22. The molecule has 0 aromatic rings. The van der Waals surface area contributed by atoms with Gasteiger partial charge in [0.05, 0.1) is 0 Å². The second-order valence-corrected chi connectivity index (χ2v) is 3.70. The van der Waals surface area contributed by atoms with Crippen molar-refractivity contribution in [2.24, 2.45) is 4.99 Å². The lowest BCUT2D eigenvalue weighted by Crippen LogP contribution is -2.36. The van der Waals surface area contributed by atoms with Gasteiger partial charge in [-0.1, -0.05) is 6.92 Å². The van der Waals surface area contributed by atoms with Crippen molar-refractivity contribution in [3.8, 4) is 0 Å². The van der Waals surface area contributed by atoms with Gasteiger partial charge in [-0.25, -0.2) is 0 Å². The summed E-state index contributed by atoms with van der Waals surface area (Å²) in [6, 6.07) is 0. The third kappa shape index (κ3) is 1.36. The summed E-state index contributed by atoms with van der Waals surface area (Å²) in [6.07, 6.45) is 1.93. The Morgan fingerprint density at radius 2 is 2.08 bits per heavy atom. The van der Waals surface area contributed by atoms with E-state index in [0.717, 1.165) is 18.7 Å². The lowest BCUT2D eigenvalue weighted by Gasteiger charge is -2.14. The van der Waals surface area contributed by atoms with Crippen LogP contribution in [0, 0.1) is 0 Å². The number of carbonyl (C=O) groups excluding carboxylic acids is 1. The van der Waals surface area contributed by atoms with E-state index in [1.165, 1.54) is 0 Å². The van der Waals surface area contributed by atoms with Crippen LogP contribution >= 0.6 is 0 Å². The maximum absolute atomic E-state index is 11.5. The molecule has 1 aliphatic rings. The quantitative estimate of drug-likeness (QED) is 0.614. The van der Waals surface area contributed by atoms with Crippen molar-refractivity contribution in [2.75, 3.05) is 7.05 Å². The first-order chi connectivity index (χ1) is 5.49. The fourth-order valence-corrected chi connectivity index (χ4v) is 1.42. The van der Waals surface area contributed by atoms with E-state index in [0.29, 0.717) is 0 Å². The van der Waals surface area contributed by atoms with Crippen LogP contribution in [0.5, 0.6) is 0 Å². The Morgan fingerprint density at radius 3 is 2.42 bits per heavy atom. The Balaban J connectivity index is 2.84. The molecule has 0 atom stereocenters. The van der Waals surface area contributed by atoms with Crippen molar-refractivity contribution in [2.45, 2.75) is 39.2 Å². The molecule has 0 aromatic heterocycles. The second kappa shape index (κ2) is 2.88. The van der Waals surface area contributed by atoms with E-state index in [-0.39, 0.29) is 5.91 Å². The molecule has 0 N–H and O–H groups in total. The van der Waals surface area contributed by atoms with Gasteiger partial charge in [0.1, 0.15) is 11.4 Å². The molecule has 0 aromatic carbocycles. The first-order valence-corrected chi connectivity index (χ1v) is 4.36. The summed E-state index contributed by atoms with van der Waals surface area (Å²) >= 11 is 0. The number of amides is 1. The Bertz CT molecular complexity index is 231. The van der Waals surface area contributed by atoms with Crippen molar-refractivity contribution < 1.29 is 4.79 Å². The Hall–Kier alpha value is -0.860. The highest BCUT2D eigenvalue weighted by Crippen LogP contribution is 2.22. The molecule has 0 bridgehead atoms. The SMILES string of the molecule is CCCC1=NC(C)(C)C(=O)N1C. The Labute approximate surface area is 73.5 Å². The first-order valence-electron chi connectivity index (χ1n) is 4.36. The van der Waals surface area contributed by atoms with E-state index in [1.54, 1.807) is 11.9 Å². The van der Waals surface area contributed by atoms with Gasteiger partial charge < -0.3 is 4.90 Å². The number of amidine groups is 1. The summed E-state index contributed by atoms with van der Waals surface area (Å²) in [7, 11) is 1.80. The van der Waals surface area contributed by atoms with Crippen LogP contribution in [0.4, 0.5) is 0 Å². The minimum atomic E-state index is -0.529. The average Bonchev–Trinajstić information content (AvgIpc) is 2.16. The molecule has 3 heteroatoms. The predicted molar refractivity (Wildman–Crippen MR) is 49.2 cm³/mol. The Morgan fingerprint density at radius 1 is 1.50 bits per heavy atom. The van der Waals surface area contributed by atoms with Crippen LogP contribution in [-0.4, -0.2) is 29.2 Å². The van der Waals surface area contributed by atoms with Crippen LogP contribution in [0.15, 0.2) is 4.99 Å². The number of rotatable bonds is 2. The molecule has 1 amide bonds. The van der Waals surface area contributed by atoms with Gasteiger partial charge in [-0.15, -0.1) is 0 Å². The highest BCUT2D eigenvalue weighted by Gasteiger charge is 2.37. The number of likely N-dealkylation sites (N-methyl/N-ethyl adjacent to an activating group) is 1. The number of aliphatic imine (C=N–C) groups is 1. The summed E-state index contributed by atoms with van der Waals surface area (Å²) < 4.78 is 0. The van der Waals surface area contributed by atoms with Crippen molar-refractivity contribution in [3.05, 3.63) is 0 Å². The lowest BCUT2D eigenvalue weighted by molar-refractivity contribution is -0.129. The van der Waals surface area contributed by atoms with Gasteiger partial charge in [-0.2, -0.15) is 0 Å². The molecule has 12 heavy (non-hydrogen) atoms. The van der Waals surface area contributed by atoms with Crippen LogP contribution in [-0.2, 0) is 4.79 Å². The summed E-state index contributed by atoms with van der Waals surface area (Å²) in [4.78, 5) is 17.6. The minimum absolute atomic E-state index is 0.103. The van der Waals surface area contributed by atoms with Crippen LogP contribution in [0.1, 0.15) is 33.6 Å². The number of nitrogens with zero attached hydrogens (tertiary/aromatic N) is 2. The fourth-order valence-electron chi connectivity index (χ4n) is 1.42. The van der Waals surface area contributed by atoms with Gasteiger partial charge in [0.25, 0.3) is 5.91 Å².